The second-order valence-corrected chi connectivity index (χ2v) is 7.42. The normalized spacial score (nSPS) is 25.6. The highest BCUT2D eigenvalue weighted by Crippen LogP contribution is 2.40. The fourth-order valence-corrected chi connectivity index (χ4v) is 4.64. The third kappa shape index (κ3) is 1.97. The molecule has 1 saturated heterocycles. The molecule has 1 aromatic carbocycles. The molecule has 0 unspecified atom stereocenters. The van der Waals surface area contributed by atoms with Gasteiger partial charge in [0.05, 0.1) is 27.7 Å². The first-order valence-corrected chi connectivity index (χ1v) is 8.38. The molecule has 0 radical (unpaired) electrons. The van der Waals surface area contributed by atoms with Crippen LogP contribution in [0.5, 0.6) is 0 Å². The summed E-state index contributed by atoms with van der Waals surface area (Å²) in [6, 6.07) is 5.60. The molecule has 0 bridgehead atoms. The van der Waals surface area contributed by atoms with Crippen LogP contribution in [-0.2, 0) is 9.59 Å². The fourth-order valence-electron chi connectivity index (χ4n) is 3.49. The van der Waals surface area contributed by atoms with Crippen molar-refractivity contribution in [2.24, 2.45) is 11.8 Å². The lowest BCUT2D eigenvalue weighted by Crippen LogP contribution is -2.30. The number of anilines is 1. The molecule has 2 amide bonds. The van der Waals surface area contributed by atoms with Crippen LogP contribution in [-0.4, -0.2) is 16.8 Å². The summed E-state index contributed by atoms with van der Waals surface area (Å²) in [7, 11) is 0. The Balaban J connectivity index is 1.78. The number of fused-ring (bicyclic) bond motifs is 2. The van der Waals surface area contributed by atoms with Crippen LogP contribution in [0, 0.1) is 15.8 Å². The lowest BCUT2D eigenvalue weighted by molar-refractivity contribution is -0.122. The fraction of sp³-hybridized carbons (Fsp3) is 0.400. The molecule has 108 valence electrons. The van der Waals surface area contributed by atoms with E-state index in [4.69, 9.17) is 12.2 Å². The maximum Gasteiger partial charge on any atom is 0.237 e. The van der Waals surface area contributed by atoms with Gasteiger partial charge in [-0.3, -0.25) is 14.5 Å². The van der Waals surface area contributed by atoms with Gasteiger partial charge in [-0.25, -0.2) is 0 Å². The van der Waals surface area contributed by atoms with E-state index in [0.29, 0.717) is 9.64 Å². The van der Waals surface area contributed by atoms with Gasteiger partial charge in [0.15, 0.2) is 3.95 Å². The van der Waals surface area contributed by atoms with E-state index in [9.17, 15) is 9.59 Å². The molecule has 1 aliphatic heterocycles. The van der Waals surface area contributed by atoms with Crippen LogP contribution in [0.15, 0.2) is 18.2 Å². The number of thiazole rings is 1. The minimum Gasteiger partial charge on any atom is -0.337 e. The standard InChI is InChI=1S/C15H14N2O2S2/c18-13-9-3-1-2-4-10(9)14(19)17(13)8-5-6-11-12(7-8)21-15(20)16-11/h5-7,9-10H,1-4H2,(H,16,20)/t9-,10+. The number of rotatable bonds is 1. The molecular weight excluding hydrogens is 304 g/mol. The van der Waals surface area contributed by atoms with Crippen LogP contribution in [0.25, 0.3) is 10.2 Å². The molecule has 4 nitrogen and oxygen atoms in total. The molecular formula is C15H14N2O2S2. The van der Waals surface area contributed by atoms with Crippen LogP contribution in [0.4, 0.5) is 5.69 Å². The number of imide groups is 1. The summed E-state index contributed by atoms with van der Waals surface area (Å²) in [4.78, 5) is 29.6. The number of benzene rings is 1. The summed E-state index contributed by atoms with van der Waals surface area (Å²) >= 11 is 6.60. The molecule has 1 N–H and O–H groups in total. The van der Waals surface area contributed by atoms with Crippen molar-refractivity contribution in [1.29, 1.82) is 0 Å². The van der Waals surface area contributed by atoms with E-state index in [2.05, 4.69) is 4.98 Å². The molecule has 4 rings (SSSR count). The van der Waals surface area contributed by atoms with Crippen LogP contribution in [0.3, 0.4) is 0 Å². The Labute approximate surface area is 130 Å². The summed E-state index contributed by atoms with van der Waals surface area (Å²) in [6.45, 7) is 0. The van der Waals surface area contributed by atoms with Gasteiger partial charge in [-0.15, -0.1) is 11.3 Å². The van der Waals surface area contributed by atoms with Gasteiger partial charge in [0, 0.05) is 0 Å². The van der Waals surface area contributed by atoms with E-state index in [0.717, 1.165) is 35.9 Å². The number of nitrogens with one attached hydrogen (secondary N) is 1. The van der Waals surface area contributed by atoms with E-state index < -0.39 is 0 Å². The van der Waals surface area contributed by atoms with Crippen LogP contribution in [0.2, 0.25) is 0 Å². The number of hydrogen-bond donors (Lipinski definition) is 1. The summed E-state index contributed by atoms with van der Waals surface area (Å²) in [5, 5.41) is 0. The van der Waals surface area contributed by atoms with Crippen molar-refractivity contribution in [3.8, 4) is 0 Å². The highest BCUT2D eigenvalue weighted by atomic mass is 32.1. The summed E-state index contributed by atoms with van der Waals surface area (Å²) in [5.74, 6) is -0.260. The lowest BCUT2D eigenvalue weighted by Gasteiger charge is -2.19. The van der Waals surface area contributed by atoms with Crippen molar-refractivity contribution < 1.29 is 9.59 Å². The van der Waals surface area contributed by atoms with Gasteiger partial charge in [0.1, 0.15) is 0 Å². The predicted molar refractivity (Wildman–Crippen MR) is 85.0 cm³/mol. The second kappa shape index (κ2) is 4.74. The van der Waals surface area contributed by atoms with Gasteiger partial charge in [-0.1, -0.05) is 12.8 Å². The van der Waals surface area contributed by atoms with Crippen LogP contribution >= 0.6 is 23.6 Å². The molecule has 1 aliphatic carbocycles. The van der Waals surface area contributed by atoms with Gasteiger partial charge in [-0.05, 0) is 43.3 Å². The zero-order chi connectivity index (χ0) is 14.6. The number of aromatic amines is 1. The molecule has 2 heterocycles. The molecule has 6 heteroatoms. The molecule has 1 aromatic heterocycles. The highest BCUT2D eigenvalue weighted by Gasteiger charge is 2.48. The van der Waals surface area contributed by atoms with E-state index in [1.165, 1.54) is 16.2 Å². The van der Waals surface area contributed by atoms with Crippen molar-refractivity contribution in [2.45, 2.75) is 25.7 Å². The SMILES string of the molecule is O=C1[C@H]2CCCC[C@H]2C(=O)N1c1ccc2[nH]c(=S)sc2c1. The summed E-state index contributed by atoms with van der Waals surface area (Å²) in [6.07, 6.45) is 3.78. The van der Waals surface area contributed by atoms with E-state index >= 15 is 0 Å². The number of nitrogens with zero attached hydrogens (tertiary/aromatic N) is 1. The first-order valence-electron chi connectivity index (χ1n) is 7.16. The highest BCUT2D eigenvalue weighted by molar-refractivity contribution is 7.73. The van der Waals surface area contributed by atoms with Crippen LogP contribution in [0.1, 0.15) is 25.7 Å². The molecule has 0 spiro atoms. The van der Waals surface area contributed by atoms with E-state index in [1.807, 2.05) is 18.2 Å². The topological polar surface area (TPSA) is 53.2 Å². The molecule has 2 atom stereocenters. The zero-order valence-electron chi connectivity index (χ0n) is 11.3. The Hall–Kier alpha value is -1.53. The molecule has 2 fully saturated rings. The van der Waals surface area contributed by atoms with Crippen molar-refractivity contribution in [3.63, 3.8) is 0 Å². The maximum atomic E-state index is 12.6. The first kappa shape index (κ1) is 13.2. The van der Waals surface area contributed by atoms with Gasteiger partial charge in [0.2, 0.25) is 11.8 Å². The monoisotopic (exact) mass is 318 g/mol. The van der Waals surface area contributed by atoms with Crippen molar-refractivity contribution >= 4 is 51.3 Å². The van der Waals surface area contributed by atoms with Crippen molar-refractivity contribution in [2.75, 3.05) is 4.90 Å². The number of aromatic nitrogens is 1. The van der Waals surface area contributed by atoms with Gasteiger partial charge in [-0.2, -0.15) is 0 Å². The van der Waals surface area contributed by atoms with E-state index in [-0.39, 0.29) is 23.7 Å². The molecule has 1 saturated carbocycles. The van der Waals surface area contributed by atoms with Crippen molar-refractivity contribution in [1.82, 2.24) is 4.98 Å². The average molecular weight is 318 g/mol. The number of H-pyrrole nitrogens is 1. The zero-order valence-corrected chi connectivity index (χ0v) is 12.9. The number of hydrogen-bond acceptors (Lipinski definition) is 4. The van der Waals surface area contributed by atoms with Crippen LogP contribution < -0.4 is 4.90 Å². The Morgan fingerprint density at radius 2 is 1.81 bits per heavy atom. The average Bonchev–Trinajstić information content (AvgIpc) is 2.97. The predicted octanol–water partition coefficient (Wildman–Crippen LogP) is 3.64. The largest absolute Gasteiger partial charge is 0.337 e. The van der Waals surface area contributed by atoms with E-state index in [1.54, 1.807) is 0 Å². The minimum atomic E-state index is -0.105. The van der Waals surface area contributed by atoms with Gasteiger partial charge >= 0.3 is 0 Å². The number of carbonyl (C=O) groups excluding carboxylic acids is 2. The Bertz CT molecular complexity index is 783. The molecule has 2 aromatic rings. The third-order valence-corrected chi connectivity index (χ3v) is 5.70. The maximum absolute atomic E-state index is 12.6. The number of carbonyl (C=O) groups is 2. The Morgan fingerprint density at radius 1 is 1.14 bits per heavy atom. The van der Waals surface area contributed by atoms with Gasteiger partial charge < -0.3 is 4.98 Å². The number of amides is 2. The second-order valence-electron chi connectivity index (χ2n) is 5.70. The third-order valence-electron chi connectivity index (χ3n) is 4.50. The Morgan fingerprint density at radius 3 is 2.48 bits per heavy atom. The first-order chi connectivity index (χ1) is 10.1. The minimum absolute atomic E-state index is 0.0248. The summed E-state index contributed by atoms with van der Waals surface area (Å²) < 4.78 is 1.68. The smallest absolute Gasteiger partial charge is 0.237 e. The van der Waals surface area contributed by atoms with Crippen molar-refractivity contribution in [3.05, 3.63) is 22.2 Å². The van der Waals surface area contributed by atoms with Gasteiger partial charge in [0.25, 0.3) is 0 Å². The Kier molecular flexibility index (Phi) is 2.97. The summed E-state index contributed by atoms with van der Waals surface area (Å²) in [5.41, 5.74) is 1.63. The quantitative estimate of drug-likeness (QED) is 0.645. The molecule has 21 heavy (non-hydrogen) atoms. The lowest BCUT2D eigenvalue weighted by atomic mass is 9.81. The molecule has 2 aliphatic rings.